The van der Waals surface area contributed by atoms with Crippen molar-refractivity contribution in [1.82, 2.24) is 5.32 Å². The van der Waals surface area contributed by atoms with Gasteiger partial charge in [0.15, 0.2) is 0 Å². The molecule has 128 valence electrons. The van der Waals surface area contributed by atoms with Crippen LogP contribution in [0.4, 0.5) is 10.5 Å². The van der Waals surface area contributed by atoms with E-state index in [4.69, 9.17) is 4.74 Å². The molecule has 4 nitrogen and oxygen atoms in total. The zero-order valence-corrected chi connectivity index (χ0v) is 14.9. The lowest BCUT2D eigenvalue weighted by Gasteiger charge is -2.15. The molecule has 0 spiro atoms. The van der Waals surface area contributed by atoms with Crippen molar-refractivity contribution < 1.29 is 9.53 Å². The minimum absolute atomic E-state index is 0.211. The highest BCUT2D eigenvalue weighted by molar-refractivity contribution is 5.90. The second-order valence-corrected chi connectivity index (χ2v) is 5.89. The van der Waals surface area contributed by atoms with Gasteiger partial charge in [-0.15, -0.1) is 0 Å². The van der Waals surface area contributed by atoms with E-state index in [1.807, 2.05) is 31.2 Å². The summed E-state index contributed by atoms with van der Waals surface area (Å²) in [5.74, 6) is 0.911. The van der Waals surface area contributed by atoms with Crippen LogP contribution in [0.5, 0.6) is 5.75 Å². The molecule has 0 radical (unpaired) electrons. The second kappa shape index (κ2) is 8.39. The molecule has 0 fully saturated rings. The van der Waals surface area contributed by atoms with E-state index in [1.54, 1.807) is 0 Å². The molecule has 2 amide bonds. The molecule has 2 aromatic carbocycles. The third kappa shape index (κ3) is 4.51. The molecule has 0 aromatic heterocycles. The van der Waals surface area contributed by atoms with Crippen LogP contribution in [0.3, 0.4) is 0 Å². The molecular formula is C20H26N2O2. The molecule has 0 atom stereocenters. The molecule has 2 N–H and O–H groups in total. The van der Waals surface area contributed by atoms with Crippen molar-refractivity contribution in [3.05, 3.63) is 58.7 Å². The number of carbonyl (C=O) groups excluding carboxylic acids is 1. The number of urea groups is 1. The fourth-order valence-electron chi connectivity index (χ4n) is 2.58. The summed E-state index contributed by atoms with van der Waals surface area (Å²) in [6.45, 7) is 9.11. The van der Waals surface area contributed by atoms with Gasteiger partial charge in [-0.1, -0.05) is 37.3 Å². The van der Waals surface area contributed by atoms with Crippen LogP contribution in [0.2, 0.25) is 0 Å². The number of hydrogen-bond acceptors (Lipinski definition) is 2. The standard InChI is InChI=1S/C20H26N2O2/c1-5-17-8-6-7-9-18(17)22-20(23)21-12-13-24-19-15(3)11-10-14(2)16(19)4/h6-11H,5,12-13H2,1-4H3,(H2,21,22,23). The van der Waals surface area contributed by atoms with Gasteiger partial charge in [0.25, 0.3) is 0 Å². The lowest BCUT2D eigenvalue weighted by molar-refractivity contribution is 0.247. The molecule has 0 aliphatic carbocycles. The van der Waals surface area contributed by atoms with Gasteiger partial charge in [-0.2, -0.15) is 0 Å². The minimum atomic E-state index is -0.211. The number of anilines is 1. The van der Waals surface area contributed by atoms with Crippen LogP contribution in [-0.4, -0.2) is 19.2 Å². The van der Waals surface area contributed by atoms with E-state index < -0.39 is 0 Å². The van der Waals surface area contributed by atoms with Gasteiger partial charge in [0, 0.05) is 5.69 Å². The van der Waals surface area contributed by atoms with E-state index in [0.29, 0.717) is 13.2 Å². The van der Waals surface area contributed by atoms with Crippen molar-refractivity contribution in [2.45, 2.75) is 34.1 Å². The molecule has 2 rings (SSSR count). The summed E-state index contributed by atoms with van der Waals surface area (Å²) < 4.78 is 5.85. The van der Waals surface area contributed by atoms with Gasteiger partial charge in [0.05, 0.1) is 6.54 Å². The molecule has 0 aliphatic heterocycles. The summed E-state index contributed by atoms with van der Waals surface area (Å²) in [5, 5.41) is 5.72. The first-order chi connectivity index (χ1) is 11.5. The van der Waals surface area contributed by atoms with Crippen molar-refractivity contribution in [1.29, 1.82) is 0 Å². The van der Waals surface area contributed by atoms with Crippen molar-refractivity contribution in [3.8, 4) is 5.75 Å². The summed E-state index contributed by atoms with van der Waals surface area (Å²) in [7, 11) is 0. The number of carbonyl (C=O) groups is 1. The third-order valence-corrected chi connectivity index (χ3v) is 4.15. The molecule has 0 saturated heterocycles. The first-order valence-electron chi connectivity index (χ1n) is 8.35. The third-order valence-electron chi connectivity index (χ3n) is 4.15. The Kier molecular flexibility index (Phi) is 6.24. The van der Waals surface area contributed by atoms with Crippen LogP contribution in [0.1, 0.15) is 29.2 Å². The summed E-state index contributed by atoms with van der Waals surface area (Å²) in [4.78, 5) is 12.0. The topological polar surface area (TPSA) is 50.4 Å². The number of hydrogen-bond donors (Lipinski definition) is 2. The predicted molar refractivity (Wildman–Crippen MR) is 99.0 cm³/mol. The van der Waals surface area contributed by atoms with Gasteiger partial charge in [0.2, 0.25) is 0 Å². The lowest BCUT2D eigenvalue weighted by Crippen LogP contribution is -2.32. The SMILES string of the molecule is CCc1ccccc1NC(=O)NCCOc1c(C)ccc(C)c1C. The number of nitrogens with one attached hydrogen (secondary N) is 2. The second-order valence-electron chi connectivity index (χ2n) is 5.89. The Balaban J connectivity index is 1.82. The quantitative estimate of drug-likeness (QED) is 0.774. The van der Waals surface area contributed by atoms with E-state index >= 15 is 0 Å². The Bertz CT molecular complexity index is 711. The molecule has 2 aromatic rings. The van der Waals surface area contributed by atoms with Gasteiger partial charge in [0.1, 0.15) is 12.4 Å². The number of amides is 2. The van der Waals surface area contributed by atoms with Crippen LogP contribution in [0.25, 0.3) is 0 Å². The smallest absolute Gasteiger partial charge is 0.319 e. The fraction of sp³-hybridized carbons (Fsp3) is 0.350. The van der Waals surface area contributed by atoms with Crippen molar-refractivity contribution in [2.24, 2.45) is 0 Å². The maximum Gasteiger partial charge on any atom is 0.319 e. The number of benzene rings is 2. The van der Waals surface area contributed by atoms with E-state index in [2.05, 4.69) is 43.5 Å². The Morgan fingerprint density at radius 1 is 1.04 bits per heavy atom. The normalized spacial score (nSPS) is 10.3. The molecule has 0 aliphatic rings. The summed E-state index contributed by atoms with van der Waals surface area (Å²) in [6.07, 6.45) is 0.880. The predicted octanol–water partition coefficient (Wildman–Crippen LogP) is 4.37. The average Bonchev–Trinajstić information content (AvgIpc) is 2.58. The number of ether oxygens (including phenoxy) is 1. The highest BCUT2D eigenvalue weighted by Crippen LogP contribution is 2.25. The van der Waals surface area contributed by atoms with Crippen LogP contribution < -0.4 is 15.4 Å². The summed E-state index contributed by atoms with van der Waals surface area (Å²) in [6, 6.07) is 11.8. The monoisotopic (exact) mass is 326 g/mol. The van der Waals surface area contributed by atoms with Gasteiger partial charge < -0.3 is 15.4 Å². The molecule has 0 saturated carbocycles. The zero-order chi connectivity index (χ0) is 17.5. The van der Waals surface area contributed by atoms with Crippen molar-refractivity contribution in [3.63, 3.8) is 0 Å². The largest absolute Gasteiger partial charge is 0.491 e. The minimum Gasteiger partial charge on any atom is -0.491 e. The summed E-state index contributed by atoms with van der Waals surface area (Å²) in [5.41, 5.74) is 5.44. The molecule has 4 heteroatoms. The Morgan fingerprint density at radius 2 is 1.75 bits per heavy atom. The van der Waals surface area contributed by atoms with Crippen LogP contribution >= 0.6 is 0 Å². The highest BCUT2D eigenvalue weighted by atomic mass is 16.5. The van der Waals surface area contributed by atoms with E-state index in [-0.39, 0.29) is 6.03 Å². The molecule has 24 heavy (non-hydrogen) atoms. The zero-order valence-electron chi connectivity index (χ0n) is 14.9. The fourth-order valence-corrected chi connectivity index (χ4v) is 2.58. The van der Waals surface area contributed by atoms with E-state index in [9.17, 15) is 4.79 Å². The van der Waals surface area contributed by atoms with Gasteiger partial charge in [-0.05, 0) is 55.5 Å². The maximum absolute atomic E-state index is 12.0. The molecule has 0 bridgehead atoms. The van der Waals surface area contributed by atoms with Gasteiger partial charge in [-0.3, -0.25) is 0 Å². The number of aryl methyl sites for hydroxylation is 3. The highest BCUT2D eigenvalue weighted by Gasteiger charge is 2.07. The first-order valence-corrected chi connectivity index (χ1v) is 8.35. The Morgan fingerprint density at radius 3 is 2.50 bits per heavy atom. The molecular weight excluding hydrogens is 300 g/mol. The van der Waals surface area contributed by atoms with Crippen LogP contribution in [0.15, 0.2) is 36.4 Å². The number of para-hydroxylation sites is 1. The molecule has 0 heterocycles. The van der Waals surface area contributed by atoms with Gasteiger partial charge in [-0.25, -0.2) is 4.79 Å². The summed E-state index contributed by atoms with van der Waals surface area (Å²) >= 11 is 0. The lowest BCUT2D eigenvalue weighted by atomic mass is 10.1. The van der Waals surface area contributed by atoms with Gasteiger partial charge >= 0.3 is 6.03 Å². The van der Waals surface area contributed by atoms with Crippen molar-refractivity contribution >= 4 is 11.7 Å². The molecule has 0 unspecified atom stereocenters. The van der Waals surface area contributed by atoms with Crippen LogP contribution in [-0.2, 0) is 6.42 Å². The van der Waals surface area contributed by atoms with Crippen LogP contribution in [0, 0.1) is 20.8 Å². The first kappa shape index (κ1) is 17.9. The number of rotatable bonds is 6. The van der Waals surface area contributed by atoms with E-state index in [1.165, 1.54) is 5.56 Å². The maximum atomic E-state index is 12.0. The van der Waals surface area contributed by atoms with Crippen molar-refractivity contribution in [2.75, 3.05) is 18.5 Å². The van der Waals surface area contributed by atoms with E-state index in [0.717, 1.165) is 34.5 Å². The average molecular weight is 326 g/mol. The Labute approximate surface area is 144 Å². The Hall–Kier alpha value is -2.49.